The van der Waals surface area contributed by atoms with Crippen molar-refractivity contribution in [2.24, 2.45) is 0 Å². The second-order valence-corrected chi connectivity index (χ2v) is 3.78. The van der Waals surface area contributed by atoms with Gasteiger partial charge in [-0.15, -0.1) is 0 Å². The molecule has 0 radical (unpaired) electrons. The van der Waals surface area contributed by atoms with E-state index < -0.39 is 10.9 Å². The lowest BCUT2D eigenvalue weighted by Crippen LogP contribution is -2.37. The maximum absolute atomic E-state index is 11.0. The van der Waals surface area contributed by atoms with E-state index in [-0.39, 0.29) is 5.69 Å². The Hall–Kier alpha value is -1.36. The summed E-state index contributed by atoms with van der Waals surface area (Å²) in [5, 5.41) is 2.89. The van der Waals surface area contributed by atoms with Crippen molar-refractivity contribution in [1.29, 1.82) is 0 Å². The maximum atomic E-state index is 11.0. The van der Waals surface area contributed by atoms with Crippen molar-refractivity contribution in [3.63, 3.8) is 0 Å². The van der Waals surface area contributed by atoms with E-state index in [1.807, 2.05) is 0 Å². The molecule has 0 fully saturated rings. The van der Waals surface area contributed by atoms with Crippen molar-refractivity contribution in [2.45, 2.75) is 25.7 Å². The first-order chi connectivity index (χ1) is 7.68. The number of rotatable bonds is 8. The minimum Gasteiger partial charge on any atom is -0.394 e. The van der Waals surface area contributed by atoms with Crippen LogP contribution in [0.3, 0.4) is 0 Å². The third-order valence-corrected chi connectivity index (χ3v) is 2.52. The second kappa shape index (κ2) is 6.27. The molecular formula is C11H18N2O3. The van der Waals surface area contributed by atoms with E-state index in [1.165, 1.54) is 0 Å². The third kappa shape index (κ3) is 3.06. The topological polar surface area (TPSA) is 81.4 Å². The van der Waals surface area contributed by atoms with Crippen molar-refractivity contribution in [3.05, 3.63) is 20.4 Å². The van der Waals surface area contributed by atoms with Gasteiger partial charge in [-0.05, 0) is 12.8 Å². The summed E-state index contributed by atoms with van der Waals surface area (Å²) in [6, 6.07) is 0. The largest absolute Gasteiger partial charge is 0.394 e. The number of hydrogen-bond donors (Lipinski definition) is 2. The molecule has 0 saturated heterocycles. The average Bonchev–Trinajstić information content (AvgIpc) is 2.31. The van der Waals surface area contributed by atoms with Crippen LogP contribution < -0.4 is 21.9 Å². The summed E-state index contributed by atoms with van der Waals surface area (Å²) in [7, 11) is 1.69. The van der Waals surface area contributed by atoms with Crippen LogP contribution >= 0.6 is 0 Å². The molecule has 0 atom stereocenters. The minimum atomic E-state index is -0.567. The third-order valence-electron chi connectivity index (χ3n) is 2.52. The Kier molecular flexibility index (Phi) is 4.98. The first-order valence-electron chi connectivity index (χ1n) is 5.50. The molecule has 0 unspecified atom stereocenters. The van der Waals surface area contributed by atoms with Crippen LogP contribution in [0.5, 0.6) is 0 Å². The van der Waals surface area contributed by atoms with Crippen molar-refractivity contribution in [1.82, 2.24) is 0 Å². The zero-order valence-corrected chi connectivity index (χ0v) is 9.54. The van der Waals surface area contributed by atoms with Crippen molar-refractivity contribution in [2.75, 3.05) is 31.3 Å². The number of ether oxygens (including phenoxy) is 1. The number of nitrogen functional groups attached to an aromatic ring is 1. The van der Waals surface area contributed by atoms with Gasteiger partial charge in [0.05, 0.1) is 0 Å². The first-order valence-corrected chi connectivity index (χ1v) is 5.50. The van der Waals surface area contributed by atoms with Gasteiger partial charge in [-0.1, -0.05) is 12.8 Å². The smallest absolute Gasteiger partial charge is 0.253 e. The molecule has 0 spiro atoms. The van der Waals surface area contributed by atoms with Crippen LogP contribution in [0.1, 0.15) is 25.7 Å². The lowest BCUT2D eigenvalue weighted by Gasteiger charge is -2.09. The Morgan fingerprint density at radius 3 is 2.44 bits per heavy atom. The van der Waals surface area contributed by atoms with Crippen molar-refractivity contribution in [3.8, 4) is 0 Å². The summed E-state index contributed by atoms with van der Waals surface area (Å²) in [6.45, 7) is 1.47. The molecule has 90 valence electrons. The molecule has 0 saturated carbocycles. The normalized spacial score (nSPS) is 10.8. The molecule has 16 heavy (non-hydrogen) atoms. The number of nitrogens with one attached hydrogen (secondary N) is 1. The van der Waals surface area contributed by atoms with Gasteiger partial charge in [0.1, 0.15) is 11.4 Å². The second-order valence-electron chi connectivity index (χ2n) is 3.78. The molecule has 0 aromatic heterocycles. The van der Waals surface area contributed by atoms with E-state index in [4.69, 9.17) is 10.5 Å². The lowest BCUT2D eigenvalue weighted by molar-refractivity contribution is 0.192. The summed E-state index contributed by atoms with van der Waals surface area (Å²) in [4.78, 5) is 21.8. The van der Waals surface area contributed by atoms with Crippen LogP contribution in [-0.2, 0) is 4.74 Å². The van der Waals surface area contributed by atoms with E-state index in [9.17, 15) is 9.59 Å². The highest BCUT2D eigenvalue weighted by atomic mass is 16.5. The van der Waals surface area contributed by atoms with Gasteiger partial charge in [-0.3, -0.25) is 9.59 Å². The highest BCUT2D eigenvalue weighted by molar-refractivity contribution is 5.71. The van der Waals surface area contributed by atoms with E-state index in [2.05, 4.69) is 5.32 Å². The number of methoxy groups -OCH3 is 1. The van der Waals surface area contributed by atoms with E-state index in [0.717, 1.165) is 32.3 Å². The number of anilines is 2. The molecule has 0 amide bonds. The van der Waals surface area contributed by atoms with Gasteiger partial charge < -0.3 is 15.8 Å². The number of nitrogens with two attached hydrogens (primary N) is 1. The molecule has 1 aromatic rings. The Morgan fingerprint density at radius 1 is 1.12 bits per heavy atom. The van der Waals surface area contributed by atoms with Gasteiger partial charge >= 0.3 is 0 Å². The van der Waals surface area contributed by atoms with E-state index >= 15 is 0 Å². The van der Waals surface area contributed by atoms with Gasteiger partial charge in [0.25, 0.3) is 10.9 Å². The van der Waals surface area contributed by atoms with E-state index in [0.29, 0.717) is 12.2 Å². The molecule has 0 aliphatic heterocycles. The maximum Gasteiger partial charge on any atom is 0.253 e. The molecule has 0 aliphatic rings. The Morgan fingerprint density at radius 2 is 1.81 bits per heavy atom. The predicted molar refractivity (Wildman–Crippen MR) is 64.6 cm³/mol. The van der Waals surface area contributed by atoms with Crippen molar-refractivity contribution >= 4 is 11.4 Å². The standard InChI is InChI=1S/C11H18N2O3/c1-16-7-5-3-2-4-6-13-9-8(12)10(14)11(9)15/h13H,2-7,12H2,1H3. The molecule has 0 bridgehead atoms. The summed E-state index contributed by atoms with van der Waals surface area (Å²) < 4.78 is 4.93. The summed E-state index contributed by atoms with van der Waals surface area (Å²) >= 11 is 0. The number of unbranched alkanes of at least 4 members (excludes halogenated alkanes) is 3. The fourth-order valence-corrected chi connectivity index (χ4v) is 1.52. The van der Waals surface area contributed by atoms with Gasteiger partial charge in [-0.2, -0.15) is 0 Å². The number of hydrogen-bond acceptors (Lipinski definition) is 5. The SMILES string of the molecule is COCCCCCCNc1c(N)c(=O)c1=O. The molecule has 5 heteroatoms. The highest BCUT2D eigenvalue weighted by Crippen LogP contribution is 2.09. The molecule has 0 heterocycles. The molecule has 3 N–H and O–H groups in total. The van der Waals surface area contributed by atoms with Gasteiger partial charge in [0.2, 0.25) is 0 Å². The van der Waals surface area contributed by atoms with Crippen molar-refractivity contribution < 1.29 is 4.74 Å². The molecule has 1 aromatic carbocycles. The Balaban J connectivity index is 2.09. The Labute approximate surface area is 94.3 Å². The highest BCUT2D eigenvalue weighted by Gasteiger charge is 2.16. The minimum absolute atomic E-state index is 0.0735. The van der Waals surface area contributed by atoms with Crippen LogP contribution in [0.4, 0.5) is 11.4 Å². The average molecular weight is 226 g/mol. The quantitative estimate of drug-likeness (QED) is 0.498. The molecular weight excluding hydrogens is 208 g/mol. The Bertz CT molecular complexity index is 394. The zero-order valence-electron chi connectivity index (χ0n) is 9.54. The fourth-order valence-electron chi connectivity index (χ4n) is 1.52. The monoisotopic (exact) mass is 226 g/mol. The first kappa shape index (κ1) is 12.7. The van der Waals surface area contributed by atoms with Gasteiger partial charge in [-0.25, -0.2) is 0 Å². The predicted octanol–water partition coefficient (Wildman–Crippen LogP) is 0.483. The fraction of sp³-hybridized carbons (Fsp3) is 0.636. The molecule has 1 rings (SSSR count). The lowest BCUT2D eigenvalue weighted by atomic mass is 10.1. The van der Waals surface area contributed by atoms with E-state index in [1.54, 1.807) is 7.11 Å². The summed E-state index contributed by atoms with van der Waals surface area (Å²) in [5.41, 5.74) is 4.68. The van der Waals surface area contributed by atoms with Crippen LogP contribution in [0.25, 0.3) is 0 Å². The molecule has 5 nitrogen and oxygen atoms in total. The van der Waals surface area contributed by atoms with Crippen LogP contribution in [0.2, 0.25) is 0 Å². The van der Waals surface area contributed by atoms with Crippen LogP contribution in [0, 0.1) is 0 Å². The van der Waals surface area contributed by atoms with Crippen LogP contribution in [0.15, 0.2) is 9.59 Å². The summed E-state index contributed by atoms with van der Waals surface area (Å²) in [5.74, 6) is 0. The summed E-state index contributed by atoms with van der Waals surface area (Å²) in [6.07, 6.45) is 4.20. The van der Waals surface area contributed by atoms with Crippen LogP contribution in [-0.4, -0.2) is 20.3 Å². The van der Waals surface area contributed by atoms with Gasteiger partial charge in [0, 0.05) is 20.3 Å². The molecule has 0 aliphatic carbocycles. The zero-order chi connectivity index (χ0) is 12.0. The van der Waals surface area contributed by atoms with Gasteiger partial charge in [0.15, 0.2) is 0 Å².